The first-order valence-electron chi connectivity index (χ1n) is 8.48. The van der Waals surface area contributed by atoms with Gasteiger partial charge in [-0.15, -0.1) is 11.3 Å². The maximum atomic E-state index is 12.1. The van der Waals surface area contributed by atoms with Crippen LogP contribution in [0.2, 0.25) is 0 Å². The highest BCUT2D eigenvalue weighted by Gasteiger charge is 2.28. The average molecular weight is 339 g/mol. The number of hydrogen-bond donors (Lipinski definition) is 0. The monoisotopic (exact) mass is 338 g/mol. The van der Waals surface area contributed by atoms with E-state index < -0.39 is 5.60 Å². The Hall–Kier alpha value is -1.07. The number of ether oxygens (including phenoxy) is 1. The number of rotatable bonds is 4. The zero-order valence-corrected chi connectivity index (χ0v) is 15.9. The van der Waals surface area contributed by atoms with Crippen LogP contribution in [0.3, 0.4) is 0 Å². The highest BCUT2D eigenvalue weighted by molar-refractivity contribution is 7.10. The molecule has 0 aliphatic carbocycles. The molecule has 1 atom stereocenters. The molecule has 4 nitrogen and oxygen atoms in total. The highest BCUT2D eigenvalue weighted by Crippen LogP contribution is 2.26. The Morgan fingerprint density at radius 1 is 1.43 bits per heavy atom. The zero-order chi connectivity index (χ0) is 17.0. The summed E-state index contributed by atoms with van der Waals surface area (Å²) < 4.78 is 5.46. The molecule has 1 saturated heterocycles. The molecule has 0 spiro atoms. The van der Waals surface area contributed by atoms with Crippen molar-refractivity contribution < 1.29 is 9.53 Å². The van der Waals surface area contributed by atoms with Gasteiger partial charge >= 0.3 is 6.09 Å². The molecule has 1 aromatic rings. The van der Waals surface area contributed by atoms with Gasteiger partial charge in [0.05, 0.1) is 0 Å². The molecule has 1 aliphatic heterocycles. The summed E-state index contributed by atoms with van der Waals surface area (Å²) in [6, 6.07) is 4.78. The molecule has 1 aromatic heterocycles. The van der Waals surface area contributed by atoms with Crippen LogP contribution in [0.5, 0.6) is 0 Å². The SMILES string of the molecule is C[C@@H](c1cccs1)N(C)CC1CCN(C(=O)OC(C)(C)C)CC1. The van der Waals surface area contributed by atoms with Gasteiger partial charge in [0.2, 0.25) is 0 Å². The van der Waals surface area contributed by atoms with E-state index in [1.54, 1.807) is 0 Å². The smallest absolute Gasteiger partial charge is 0.410 e. The molecular formula is C18H30N2O2S. The molecule has 1 aliphatic rings. The molecule has 0 radical (unpaired) electrons. The predicted octanol–water partition coefficient (Wildman–Crippen LogP) is 4.39. The molecular weight excluding hydrogens is 308 g/mol. The van der Waals surface area contributed by atoms with Crippen molar-refractivity contribution in [2.75, 3.05) is 26.7 Å². The first-order valence-corrected chi connectivity index (χ1v) is 9.36. The lowest BCUT2D eigenvalue weighted by Crippen LogP contribution is -2.43. The van der Waals surface area contributed by atoms with Crippen LogP contribution < -0.4 is 0 Å². The highest BCUT2D eigenvalue weighted by atomic mass is 32.1. The summed E-state index contributed by atoms with van der Waals surface area (Å²) in [7, 11) is 2.20. The van der Waals surface area contributed by atoms with Crippen molar-refractivity contribution in [1.82, 2.24) is 9.80 Å². The summed E-state index contributed by atoms with van der Waals surface area (Å²) in [5.41, 5.74) is -0.412. The fourth-order valence-corrected chi connectivity index (χ4v) is 3.78. The second kappa shape index (κ2) is 7.67. The van der Waals surface area contributed by atoms with Crippen molar-refractivity contribution >= 4 is 17.4 Å². The Kier molecular flexibility index (Phi) is 6.09. The van der Waals surface area contributed by atoms with Crippen LogP contribution in [0.1, 0.15) is 51.5 Å². The lowest BCUT2D eigenvalue weighted by Gasteiger charge is -2.36. The van der Waals surface area contributed by atoms with Gasteiger partial charge in [-0.1, -0.05) is 6.07 Å². The van der Waals surface area contributed by atoms with Crippen molar-refractivity contribution in [2.24, 2.45) is 5.92 Å². The fourth-order valence-electron chi connectivity index (χ4n) is 2.94. The Labute approximate surface area is 144 Å². The second-order valence-electron chi connectivity index (χ2n) is 7.54. The number of likely N-dealkylation sites (tertiary alicyclic amines) is 1. The molecule has 0 N–H and O–H groups in total. The summed E-state index contributed by atoms with van der Waals surface area (Å²) >= 11 is 1.82. The molecule has 0 aromatic carbocycles. The van der Waals surface area contributed by atoms with E-state index in [2.05, 4.69) is 36.4 Å². The van der Waals surface area contributed by atoms with E-state index in [0.29, 0.717) is 12.0 Å². The number of thiophene rings is 1. The number of carbonyl (C=O) groups is 1. The van der Waals surface area contributed by atoms with E-state index in [-0.39, 0.29) is 6.09 Å². The van der Waals surface area contributed by atoms with E-state index >= 15 is 0 Å². The molecule has 2 rings (SSSR count). The van der Waals surface area contributed by atoms with E-state index in [0.717, 1.165) is 32.5 Å². The average Bonchev–Trinajstić information content (AvgIpc) is 2.99. The summed E-state index contributed by atoms with van der Waals surface area (Å²) in [4.78, 5) is 17.8. The van der Waals surface area contributed by atoms with Crippen molar-refractivity contribution in [3.05, 3.63) is 22.4 Å². The lowest BCUT2D eigenvalue weighted by atomic mass is 9.96. The largest absolute Gasteiger partial charge is 0.444 e. The van der Waals surface area contributed by atoms with Crippen molar-refractivity contribution in [3.8, 4) is 0 Å². The minimum absolute atomic E-state index is 0.170. The molecule has 130 valence electrons. The minimum atomic E-state index is -0.412. The van der Waals surface area contributed by atoms with E-state index in [4.69, 9.17) is 4.74 Å². The first kappa shape index (κ1) is 18.3. The number of piperidine rings is 1. The second-order valence-corrected chi connectivity index (χ2v) is 8.52. The van der Waals surface area contributed by atoms with Gasteiger partial charge in [-0.2, -0.15) is 0 Å². The molecule has 0 saturated carbocycles. The van der Waals surface area contributed by atoms with Crippen molar-refractivity contribution in [3.63, 3.8) is 0 Å². The van der Waals surface area contributed by atoms with E-state index in [1.165, 1.54) is 4.88 Å². The van der Waals surface area contributed by atoms with Crippen LogP contribution >= 0.6 is 11.3 Å². The normalized spacial score (nSPS) is 18.3. The van der Waals surface area contributed by atoms with Gasteiger partial charge in [-0.05, 0) is 64.9 Å². The zero-order valence-electron chi connectivity index (χ0n) is 15.0. The Bertz CT molecular complexity index is 488. The van der Waals surface area contributed by atoms with Crippen molar-refractivity contribution in [1.29, 1.82) is 0 Å². The fraction of sp³-hybridized carbons (Fsp3) is 0.722. The first-order chi connectivity index (χ1) is 10.8. The maximum absolute atomic E-state index is 12.1. The van der Waals surface area contributed by atoms with Crippen LogP contribution in [0.4, 0.5) is 4.79 Å². The number of nitrogens with zero attached hydrogens (tertiary/aromatic N) is 2. The van der Waals surface area contributed by atoms with Gasteiger partial charge in [-0.25, -0.2) is 4.79 Å². The third kappa shape index (κ3) is 5.50. The lowest BCUT2D eigenvalue weighted by molar-refractivity contribution is 0.0168. The molecule has 2 heterocycles. The Morgan fingerprint density at radius 3 is 2.61 bits per heavy atom. The summed E-state index contributed by atoms with van der Waals surface area (Å²) in [6.45, 7) is 10.7. The Balaban J connectivity index is 1.77. The van der Waals surface area contributed by atoms with E-state index in [1.807, 2.05) is 37.0 Å². The van der Waals surface area contributed by atoms with Gasteiger partial charge in [0, 0.05) is 30.6 Å². The molecule has 1 amide bonds. The van der Waals surface area contributed by atoms with Crippen LogP contribution in [0.25, 0.3) is 0 Å². The standard InChI is InChI=1S/C18H30N2O2S/c1-14(16-7-6-12-23-16)19(5)13-15-8-10-20(11-9-15)17(21)22-18(2,3)4/h6-7,12,14-15H,8-11,13H2,1-5H3/t14-/m0/s1. The molecule has 1 fully saturated rings. The van der Waals surface area contributed by atoms with Crippen LogP contribution in [0.15, 0.2) is 17.5 Å². The predicted molar refractivity (Wildman–Crippen MR) is 95.9 cm³/mol. The van der Waals surface area contributed by atoms with Crippen molar-refractivity contribution in [2.45, 2.75) is 52.2 Å². The van der Waals surface area contributed by atoms with E-state index in [9.17, 15) is 4.79 Å². The minimum Gasteiger partial charge on any atom is -0.444 e. The van der Waals surface area contributed by atoms with Crippen LogP contribution in [-0.2, 0) is 4.74 Å². The summed E-state index contributed by atoms with van der Waals surface area (Å²) in [5.74, 6) is 0.654. The number of amides is 1. The van der Waals surface area contributed by atoms with Crippen LogP contribution in [0, 0.1) is 5.92 Å². The molecule has 0 unspecified atom stereocenters. The Morgan fingerprint density at radius 2 is 2.09 bits per heavy atom. The third-order valence-corrected chi connectivity index (χ3v) is 5.47. The van der Waals surface area contributed by atoms with Gasteiger partial charge in [0.25, 0.3) is 0 Å². The topological polar surface area (TPSA) is 32.8 Å². The van der Waals surface area contributed by atoms with Gasteiger partial charge in [0.1, 0.15) is 5.60 Å². The number of carbonyl (C=O) groups excluding carboxylic acids is 1. The summed E-state index contributed by atoms with van der Waals surface area (Å²) in [6.07, 6.45) is 1.94. The summed E-state index contributed by atoms with van der Waals surface area (Å²) in [5, 5.41) is 2.14. The van der Waals surface area contributed by atoms with Gasteiger partial charge < -0.3 is 9.64 Å². The molecule has 0 bridgehead atoms. The van der Waals surface area contributed by atoms with Gasteiger partial charge in [0.15, 0.2) is 0 Å². The molecule has 5 heteroatoms. The van der Waals surface area contributed by atoms with Gasteiger partial charge in [-0.3, -0.25) is 4.90 Å². The quantitative estimate of drug-likeness (QED) is 0.816. The van der Waals surface area contributed by atoms with Crippen LogP contribution in [-0.4, -0.2) is 48.2 Å². The third-order valence-electron chi connectivity index (χ3n) is 4.43. The maximum Gasteiger partial charge on any atom is 0.410 e. The molecule has 23 heavy (non-hydrogen) atoms. The number of hydrogen-bond acceptors (Lipinski definition) is 4.